The van der Waals surface area contributed by atoms with Crippen LogP contribution in [0, 0.1) is 17.1 Å². The second kappa shape index (κ2) is 6.31. The number of rotatable bonds is 4. The van der Waals surface area contributed by atoms with Gasteiger partial charge < -0.3 is 4.74 Å². The van der Waals surface area contributed by atoms with Crippen molar-refractivity contribution in [2.24, 2.45) is 0 Å². The molecule has 0 fully saturated rings. The molecule has 3 nitrogen and oxygen atoms in total. The Morgan fingerprint density at radius 3 is 2.55 bits per heavy atom. The number of methoxy groups -OCH3 is 1. The summed E-state index contributed by atoms with van der Waals surface area (Å²) in [6, 6.07) is 12.7. The first-order chi connectivity index (χ1) is 9.63. The minimum absolute atomic E-state index is 0.268. The van der Waals surface area contributed by atoms with Gasteiger partial charge in [0.2, 0.25) is 0 Å². The summed E-state index contributed by atoms with van der Waals surface area (Å²) in [5.74, 6) is 0.399. The maximum absolute atomic E-state index is 12.8. The molecule has 0 saturated heterocycles. The van der Waals surface area contributed by atoms with E-state index in [-0.39, 0.29) is 11.6 Å². The summed E-state index contributed by atoms with van der Waals surface area (Å²) in [6.07, 6.45) is 0. The first-order valence-corrected chi connectivity index (χ1v) is 7.17. The number of nitrogens with zero attached hydrogens (tertiary/aromatic N) is 1. The zero-order valence-electron chi connectivity index (χ0n) is 10.8. The number of benzene rings is 2. The molecule has 0 aromatic heterocycles. The van der Waals surface area contributed by atoms with Crippen LogP contribution in [0.5, 0.6) is 5.75 Å². The molecule has 2 aromatic rings. The van der Waals surface area contributed by atoms with E-state index in [0.29, 0.717) is 16.2 Å². The van der Waals surface area contributed by atoms with E-state index in [0.717, 1.165) is 5.56 Å². The molecule has 0 aliphatic rings. The molecule has 0 aliphatic carbocycles. The van der Waals surface area contributed by atoms with Crippen molar-refractivity contribution in [2.45, 2.75) is 10.6 Å². The van der Waals surface area contributed by atoms with E-state index in [1.807, 2.05) is 6.07 Å². The number of nitriles is 1. The molecule has 2 rings (SSSR count). The maximum Gasteiger partial charge on any atom is 0.136 e. The van der Waals surface area contributed by atoms with Crippen LogP contribution in [0.2, 0.25) is 0 Å². The lowest BCUT2D eigenvalue weighted by Crippen LogP contribution is -1.98. The Morgan fingerprint density at radius 2 is 1.95 bits per heavy atom. The van der Waals surface area contributed by atoms with Gasteiger partial charge in [0.15, 0.2) is 0 Å². The fourth-order valence-electron chi connectivity index (χ4n) is 1.75. The third kappa shape index (κ3) is 3.22. The highest BCUT2D eigenvalue weighted by Crippen LogP contribution is 2.21. The zero-order chi connectivity index (χ0) is 14.5. The number of hydrogen-bond acceptors (Lipinski definition) is 3. The van der Waals surface area contributed by atoms with Crippen LogP contribution in [0.3, 0.4) is 0 Å². The Morgan fingerprint density at radius 1 is 1.25 bits per heavy atom. The molecule has 0 saturated carbocycles. The molecule has 5 heteroatoms. The molecule has 0 radical (unpaired) electrons. The van der Waals surface area contributed by atoms with Gasteiger partial charge in [-0.05, 0) is 42.0 Å². The van der Waals surface area contributed by atoms with Gasteiger partial charge in [-0.25, -0.2) is 4.39 Å². The molecular formula is C15H12FNO2S. The van der Waals surface area contributed by atoms with Gasteiger partial charge in [-0.2, -0.15) is 5.26 Å². The summed E-state index contributed by atoms with van der Waals surface area (Å²) in [5, 5.41) is 9.01. The van der Waals surface area contributed by atoms with Gasteiger partial charge in [-0.15, -0.1) is 0 Å². The normalized spacial score (nSPS) is 11.7. The highest BCUT2D eigenvalue weighted by atomic mass is 32.2. The van der Waals surface area contributed by atoms with Crippen molar-refractivity contribution >= 4 is 10.8 Å². The number of ether oxygens (including phenoxy) is 1. The Labute approximate surface area is 119 Å². The smallest absolute Gasteiger partial charge is 0.136 e. The van der Waals surface area contributed by atoms with Crippen molar-refractivity contribution in [3.63, 3.8) is 0 Å². The van der Waals surface area contributed by atoms with Crippen LogP contribution in [0.4, 0.5) is 4.39 Å². The first kappa shape index (κ1) is 14.2. The molecule has 20 heavy (non-hydrogen) atoms. The fraction of sp³-hybridized carbons (Fsp3) is 0.133. The standard InChI is InChI=1S/C15H12FNO2S/c1-19-15-7-2-11(8-12(15)9-17)10-20(18)14-5-3-13(16)4-6-14/h2-8H,10H2,1H3. The zero-order valence-corrected chi connectivity index (χ0v) is 11.6. The lowest BCUT2D eigenvalue weighted by molar-refractivity contribution is 0.413. The lowest BCUT2D eigenvalue weighted by Gasteiger charge is -2.06. The van der Waals surface area contributed by atoms with Gasteiger partial charge in [0.25, 0.3) is 0 Å². The van der Waals surface area contributed by atoms with E-state index in [1.165, 1.54) is 31.4 Å². The summed E-state index contributed by atoms with van der Waals surface area (Å²) in [5.41, 5.74) is 1.17. The molecule has 0 aliphatic heterocycles. The molecule has 1 atom stereocenters. The third-order valence-electron chi connectivity index (χ3n) is 2.76. The Bertz CT molecular complexity index is 677. The van der Waals surface area contributed by atoms with Crippen LogP contribution in [0.15, 0.2) is 47.4 Å². The van der Waals surface area contributed by atoms with Crippen LogP contribution >= 0.6 is 0 Å². The SMILES string of the molecule is COc1ccc(CS(=O)c2ccc(F)cc2)cc1C#N. The third-order valence-corrected chi connectivity index (χ3v) is 4.15. The second-order valence-corrected chi connectivity index (χ2v) is 5.54. The minimum Gasteiger partial charge on any atom is -0.495 e. The Balaban J connectivity index is 2.20. The van der Waals surface area contributed by atoms with Crippen molar-refractivity contribution in [1.82, 2.24) is 0 Å². The number of hydrogen-bond donors (Lipinski definition) is 0. The minimum atomic E-state index is -1.28. The van der Waals surface area contributed by atoms with Gasteiger partial charge in [0.05, 0.1) is 29.2 Å². The van der Waals surface area contributed by atoms with Crippen LogP contribution in [0.1, 0.15) is 11.1 Å². The molecule has 2 aromatic carbocycles. The molecule has 102 valence electrons. The summed E-state index contributed by atoms with van der Waals surface area (Å²) >= 11 is 0. The van der Waals surface area contributed by atoms with Crippen LogP contribution in [-0.2, 0) is 16.6 Å². The van der Waals surface area contributed by atoms with E-state index in [1.54, 1.807) is 18.2 Å². The van der Waals surface area contributed by atoms with E-state index >= 15 is 0 Å². The van der Waals surface area contributed by atoms with Gasteiger partial charge in [0, 0.05) is 4.90 Å². The summed E-state index contributed by atoms with van der Waals surface area (Å²) in [4.78, 5) is 0.556. The van der Waals surface area contributed by atoms with Gasteiger partial charge in [-0.1, -0.05) is 6.07 Å². The predicted molar refractivity (Wildman–Crippen MR) is 74.2 cm³/mol. The van der Waals surface area contributed by atoms with Crippen LogP contribution < -0.4 is 4.74 Å². The molecule has 0 spiro atoms. The van der Waals surface area contributed by atoms with E-state index < -0.39 is 10.8 Å². The topological polar surface area (TPSA) is 50.1 Å². The average Bonchev–Trinajstić information content (AvgIpc) is 2.47. The molecule has 0 amide bonds. The van der Waals surface area contributed by atoms with E-state index in [4.69, 9.17) is 10.00 Å². The Kier molecular flexibility index (Phi) is 4.49. The van der Waals surface area contributed by atoms with Crippen LogP contribution in [0.25, 0.3) is 0 Å². The first-order valence-electron chi connectivity index (χ1n) is 5.85. The van der Waals surface area contributed by atoms with Crippen molar-refractivity contribution in [2.75, 3.05) is 7.11 Å². The van der Waals surface area contributed by atoms with Crippen LogP contribution in [-0.4, -0.2) is 11.3 Å². The van der Waals surface area contributed by atoms with Gasteiger partial charge >= 0.3 is 0 Å². The number of halogens is 1. The average molecular weight is 289 g/mol. The summed E-state index contributed by atoms with van der Waals surface area (Å²) in [6.45, 7) is 0. The monoisotopic (exact) mass is 289 g/mol. The quantitative estimate of drug-likeness (QED) is 0.869. The Hall–Kier alpha value is -2.19. The van der Waals surface area contributed by atoms with Crippen molar-refractivity contribution in [3.8, 4) is 11.8 Å². The van der Waals surface area contributed by atoms with Crippen molar-refractivity contribution in [3.05, 3.63) is 59.4 Å². The highest BCUT2D eigenvalue weighted by molar-refractivity contribution is 7.84. The summed E-state index contributed by atoms with van der Waals surface area (Å²) < 4.78 is 30.0. The van der Waals surface area contributed by atoms with E-state index in [2.05, 4.69) is 0 Å². The lowest BCUT2D eigenvalue weighted by atomic mass is 10.1. The molecule has 0 heterocycles. The van der Waals surface area contributed by atoms with E-state index in [9.17, 15) is 8.60 Å². The molecular weight excluding hydrogens is 277 g/mol. The highest BCUT2D eigenvalue weighted by Gasteiger charge is 2.08. The fourth-order valence-corrected chi connectivity index (χ4v) is 2.84. The maximum atomic E-state index is 12.8. The predicted octanol–water partition coefficient (Wildman–Crippen LogP) is 3.01. The van der Waals surface area contributed by atoms with Gasteiger partial charge in [0.1, 0.15) is 17.6 Å². The van der Waals surface area contributed by atoms with Crippen molar-refractivity contribution < 1.29 is 13.3 Å². The summed E-state index contributed by atoms with van der Waals surface area (Å²) in [7, 11) is 0.214. The second-order valence-electron chi connectivity index (χ2n) is 4.09. The molecule has 1 unspecified atom stereocenters. The molecule has 0 bridgehead atoms. The largest absolute Gasteiger partial charge is 0.495 e. The van der Waals surface area contributed by atoms with Gasteiger partial charge in [-0.3, -0.25) is 4.21 Å². The molecule has 0 N–H and O–H groups in total. The van der Waals surface area contributed by atoms with Crippen molar-refractivity contribution in [1.29, 1.82) is 5.26 Å².